The van der Waals surface area contributed by atoms with Crippen LogP contribution >= 0.6 is 0 Å². The Morgan fingerprint density at radius 2 is 1.86 bits per heavy atom. The maximum absolute atomic E-state index is 13.0. The van der Waals surface area contributed by atoms with E-state index in [4.69, 9.17) is 9.66 Å². The first-order valence-electron chi connectivity index (χ1n) is 6.20. The number of ether oxygens (including phenoxy) is 1. The van der Waals surface area contributed by atoms with Gasteiger partial charge in [-0.05, 0) is 39.0 Å². The van der Waals surface area contributed by atoms with E-state index in [-0.39, 0.29) is 18.8 Å². The lowest BCUT2D eigenvalue weighted by Crippen LogP contribution is -2.46. The molecule has 0 amide bonds. The van der Waals surface area contributed by atoms with Crippen LogP contribution in [0.3, 0.4) is 0 Å². The van der Waals surface area contributed by atoms with Crippen LogP contribution in [-0.2, 0) is 19.6 Å². The standard InChI is InChI=1S/C11H18F2O7S/c1-10(2,16)5-6-3-7(4-6)8(14)20-9(15)11(12,13)21(17,18)19/h6-7,9,15-16H,3-5H2,1-2H3,(H,17,18,19). The molecule has 0 aliphatic heterocycles. The molecule has 124 valence electrons. The molecule has 21 heavy (non-hydrogen) atoms. The van der Waals surface area contributed by atoms with Gasteiger partial charge in [0.15, 0.2) is 0 Å². The van der Waals surface area contributed by atoms with Crippen LogP contribution in [0.25, 0.3) is 0 Å². The van der Waals surface area contributed by atoms with E-state index in [0.717, 1.165) is 0 Å². The molecule has 10 heteroatoms. The smallest absolute Gasteiger partial charge is 0.428 e. The van der Waals surface area contributed by atoms with Gasteiger partial charge in [0.2, 0.25) is 0 Å². The largest absolute Gasteiger partial charge is 0.430 e. The summed E-state index contributed by atoms with van der Waals surface area (Å²) in [4.78, 5) is 11.5. The Morgan fingerprint density at radius 1 is 1.38 bits per heavy atom. The third-order valence-electron chi connectivity index (χ3n) is 3.22. The Kier molecular flexibility index (Phi) is 4.98. The van der Waals surface area contributed by atoms with Gasteiger partial charge in [-0.1, -0.05) is 0 Å². The van der Waals surface area contributed by atoms with E-state index in [9.17, 15) is 27.1 Å². The van der Waals surface area contributed by atoms with Gasteiger partial charge in [-0.25, -0.2) is 0 Å². The van der Waals surface area contributed by atoms with Crippen molar-refractivity contribution in [3.05, 3.63) is 0 Å². The van der Waals surface area contributed by atoms with Crippen molar-refractivity contribution < 1.29 is 41.5 Å². The molecular weight excluding hydrogens is 314 g/mol. The second-order valence-electron chi connectivity index (χ2n) is 5.88. The van der Waals surface area contributed by atoms with Crippen LogP contribution in [0.5, 0.6) is 0 Å². The highest BCUT2D eigenvalue weighted by molar-refractivity contribution is 7.86. The Hall–Kier alpha value is -0.840. The molecule has 1 unspecified atom stereocenters. The van der Waals surface area contributed by atoms with Gasteiger partial charge >= 0.3 is 21.3 Å². The number of halogens is 2. The van der Waals surface area contributed by atoms with Crippen LogP contribution in [-0.4, -0.2) is 46.3 Å². The van der Waals surface area contributed by atoms with Crippen LogP contribution in [0.15, 0.2) is 0 Å². The lowest BCUT2D eigenvalue weighted by atomic mass is 9.70. The number of esters is 1. The number of hydrogen-bond acceptors (Lipinski definition) is 6. The summed E-state index contributed by atoms with van der Waals surface area (Å²) in [6.45, 7) is 3.18. The SMILES string of the molecule is CC(C)(O)CC1CC(C(=O)OC(O)C(F)(F)S(=O)(=O)O)C1. The fourth-order valence-electron chi connectivity index (χ4n) is 2.20. The van der Waals surface area contributed by atoms with E-state index in [1.54, 1.807) is 13.8 Å². The van der Waals surface area contributed by atoms with Crippen molar-refractivity contribution >= 4 is 16.1 Å². The highest BCUT2D eigenvalue weighted by Gasteiger charge is 2.54. The van der Waals surface area contributed by atoms with Gasteiger partial charge in [-0.2, -0.15) is 17.2 Å². The fourth-order valence-corrected chi connectivity index (χ4v) is 2.51. The Morgan fingerprint density at radius 3 is 2.24 bits per heavy atom. The number of carbonyl (C=O) groups is 1. The zero-order chi connectivity index (χ0) is 16.6. The average Bonchev–Trinajstić information content (AvgIpc) is 2.19. The van der Waals surface area contributed by atoms with E-state index in [0.29, 0.717) is 6.42 Å². The quantitative estimate of drug-likeness (QED) is 0.368. The number of aliphatic hydroxyl groups excluding tert-OH is 1. The van der Waals surface area contributed by atoms with Crippen LogP contribution in [0, 0.1) is 11.8 Å². The van der Waals surface area contributed by atoms with Crippen molar-refractivity contribution in [2.45, 2.75) is 50.3 Å². The van der Waals surface area contributed by atoms with Gasteiger partial charge in [-0.3, -0.25) is 9.35 Å². The third kappa shape index (κ3) is 4.56. The molecule has 0 bridgehead atoms. The molecule has 1 fully saturated rings. The highest BCUT2D eigenvalue weighted by atomic mass is 32.2. The maximum Gasteiger partial charge on any atom is 0.430 e. The zero-order valence-corrected chi connectivity index (χ0v) is 12.3. The number of hydrogen-bond donors (Lipinski definition) is 3. The van der Waals surface area contributed by atoms with E-state index in [1.165, 1.54) is 0 Å². The summed E-state index contributed by atoms with van der Waals surface area (Å²) in [5.41, 5.74) is -0.920. The molecule has 0 heterocycles. The summed E-state index contributed by atoms with van der Waals surface area (Å²) >= 11 is 0. The minimum atomic E-state index is -5.89. The fraction of sp³-hybridized carbons (Fsp3) is 0.909. The molecule has 0 aromatic carbocycles. The second-order valence-corrected chi connectivity index (χ2v) is 7.37. The van der Waals surface area contributed by atoms with Crippen molar-refractivity contribution in [2.75, 3.05) is 0 Å². The molecular formula is C11H18F2O7S. The molecule has 1 aliphatic carbocycles. The molecule has 1 atom stereocenters. The van der Waals surface area contributed by atoms with Crippen LogP contribution < -0.4 is 0 Å². The van der Waals surface area contributed by atoms with E-state index < -0.39 is 39.2 Å². The second kappa shape index (κ2) is 5.75. The van der Waals surface area contributed by atoms with Crippen molar-refractivity contribution in [2.24, 2.45) is 11.8 Å². The minimum absolute atomic E-state index is 0.0155. The molecule has 0 radical (unpaired) electrons. The first-order chi connectivity index (χ1) is 9.24. The predicted octanol–water partition coefficient (Wildman–Crippen LogP) is 0.516. The molecule has 7 nitrogen and oxygen atoms in total. The summed E-state index contributed by atoms with van der Waals surface area (Å²) in [6.07, 6.45) is -2.28. The lowest BCUT2D eigenvalue weighted by molar-refractivity contribution is -0.212. The molecule has 1 rings (SSSR count). The van der Waals surface area contributed by atoms with Gasteiger partial charge < -0.3 is 14.9 Å². The highest BCUT2D eigenvalue weighted by Crippen LogP contribution is 2.40. The normalized spacial score (nSPS) is 25.1. The van der Waals surface area contributed by atoms with Crippen molar-refractivity contribution in [1.29, 1.82) is 0 Å². The van der Waals surface area contributed by atoms with Gasteiger partial charge in [0.05, 0.1) is 11.5 Å². The molecule has 0 aromatic rings. The number of carbonyl (C=O) groups excluding carboxylic acids is 1. The molecule has 1 aliphatic rings. The molecule has 1 saturated carbocycles. The number of rotatable bonds is 6. The van der Waals surface area contributed by atoms with Gasteiger partial charge in [0, 0.05) is 0 Å². The first-order valence-corrected chi connectivity index (χ1v) is 7.64. The first kappa shape index (κ1) is 18.2. The van der Waals surface area contributed by atoms with Gasteiger partial charge in [0.25, 0.3) is 6.29 Å². The number of alkyl halides is 2. The van der Waals surface area contributed by atoms with Gasteiger partial charge in [0.1, 0.15) is 0 Å². The van der Waals surface area contributed by atoms with E-state index in [1.807, 2.05) is 0 Å². The lowest BCUT2D eigenvalue weighted by Gasteiger charge is -2.37. The summed E-state index contributed by atoms with van der Waals surface area (Å²) in [5.74, 6) is -1.90. The zero-order valence-electron chi connectivity index (χ0n) is 11.5. The monoisotopic (exact) mass is 332 g/mol. The molecule has 0 saturated heterocycles. The van der Waals surface area contributed by atoms with Crippen molar-refractivity contribution in [1.82, 2.24) is 0 Å². The predicted molar refractivity (Wildman–Crippen MR) is 65.7 cm³/mol. The summed E-state index contributed by atoms with van der Waals surface area (Å²) < 4.78 is 58.9. The van der Waals surface area contributed by atoms with Crippen LogP contribution in [0.1, 0.15) is 33.1 Å². The summed E-state index contributed by atoms with van der Waals surface area (Å²) in [5, 5.41) is 13.5. The minimum Gasteiger partial charge on any atom is -0.428 e. The molecule has 3 N–H and O–H groups in total. The van der Waals surface area contributed by atoms with Crippen LogP contribution in [0.2, 0.25) is 0 Å². The van der Waals surface area contributed by atoms with E-state index in [2.05, 4.69) is 4.74 Å². The Bertz CT molecular complexity index is 491. The Labute approximate surface area is 120 Å². The Balaban J connectivity index is 2.50. The molecule has 0 aromatic heterocycles. The van der Waals surface area contributed by atoms with Crippen LogP contribution in [0.4, 0.5) is 8.78 Å². The third-order valence-corrected chi connectivity index (χ3v) is 4.11. The summed E-state index contributed by atoms with van der Waals surface area (Å²) in [6, 6.07) is 0. The topological polar surface area (TPSA) is 121 Å². The van der Waals surface area contributed by atoms with E-state index >= 15 is 0 Å². The van der Waals surface area contributed by atoms with Crippen molar-refractivity contribution in [3.63, 3.8) is 0 Å². The summed E-state index contributed by atoms with van der Waals surface area (Å²) in [7, 11) is -5.89. The average molecular weight is 332 g/mol. The molecule has 0 spiro atoms. The van der Waals surface area contributed by atoms with Gasteiger partial charge in [-0.15, -0.1) is 0 Å². The number of aliphatic hydroxyl groups is 2. The van der Waals surface area contributed by atoms with Crippen molar-refractivity contribution in [3.8, 4) is 0 Å². The maximum atomic E-state index is 13.0.